The highest BCUT2D eigenvalue weighted by molar-refractivity contribution is 6.31. The average molecular weight is 408 g/mol. The lowest BCUT2D eigenvalue weighted by atomic mass is 10.1. The highest BCUT2D eigenvalue weighted by Gasteiger charge is 2.33. The zero-order chi connectivity index (χ0) is 20.9. The number of halogens is 4. The van der Waals surface area contributed by atoms with E-state index in [0.717, 1.165) is 18.3 Å². The standard InChI is InChI=1S/C19H13ClF3N3O2/c1-11(27)12-2-4-14(5-3-12)26-18(28)13(9-24)10-25-15-6-7-17(20)16(8-15)19(21,22)23/h2-8,10,25H,1H3,(H,26,28)/b13-10-. The van der Waals surface area contributed by atoms with Crippen molar-refractivity contribution in [3.63, 3.8) is 0 Å². The first-order valence-electron chi connectivity index (χ1n) is 7.77. The van der Waals surface area contributed by atoms with Gasteiger partial charge in [0.2, 0.25) is 0 Å². The van der Waals surface area contributed by atoms with Gasteiger partial charge in [-0.15, -0.1) is 0 Å². The second-order valence-electron chi connectivity index (χ2n) is 5.59. The lowest BCUT2D eigenvalue weighted by Crippen LogP contribution is -2.14. The summed E-state index contributed by atoms with van der Waals surface area (Å²) in [5, 5.41) is 13.6. The summed E-state index contributed by atoms with van der Waals surface area (Å²) in [5.74, 6) is -0.906. The summed E-state index contributed by atoms with van der Waals surface area (Å²) in [6.07, 6.45) is -3.65. The smallest absolute Gasteiger partial charge is 0.360 e. The molecule has 2 rings (SSSR count). The Morgan fingerprint density at radius 2 is 1.71 bits per heavy atom. The number of alkyl halides is 3. The summed E-state index contributed by atoms with van der Waals surface area (Å²) in [5.41, 5.74) is -0.593. The molecule has 2 aromatic rings. The second kappa shape index (κ2) is 8.59. The molecule has 0 aliphatic rings. The van der Waals surface area contributed by atoms with Gasteiger partial charge in [0.05, 0.1) is 10.6 Å². The molecule has 0 radical (unpaired) electrons. The van der Waals surface area contributed by atoms with Crippen molar-refractivity contribution in [1.82, 2.24) is 0 Å². The summed E-state index contributed by atoms with van der Waals surface area (Å²) in [4.78, 5) is 23.4. The van der Waals surface area contributed by atoms with Crippen LogP contribution in [-0.2, 0) is 11.0 Å². The maximum absolute atomic E-state index is 12.9. The van der Waals surface area contributed by atoms with Gasteiger partial charge >= 0.3 is 6.18 Å². The largest absolute Gasteiger partial charge is 0.417 e. The zero-order valence-electron chi connectivity index (χ0n) is 14.4. The highest BCUT2D eigenvalue weighted by Crippen LogP contribution is 2.36. The van der Waals surface area contributed by atoms with Crippen LogP contribution in [0.5, 0.6) is 0 Å². The molecule has 2 aromatic carbocycles. The summed E-state index contributed by atoms with van der Waals surface area (Å²) in [6.45, 7) is 1.40. The van der Waals surface area contributed by atoms with Crippen molar-refractivity contribution in [2.75, 3.05) is 10.6 Å². The molecule has 0 fully saturated rings. The van der Waals surface area contributed by atoms with Crippen molar-refractivity contribution in [1.29, 1.82) is 5.26 Å². The molecule has 0 heterocycles. The molecule has 0 saturated carbocycles. The van der Waals surface area contributed by atoms with E-state index < -0.39 is 22.7 Å². The molecule has 1 amide bonds. The SMILES string of the molecule is CC(=O)c1ccc(NC(=O)/C(C#N)=C\Nc2ccc(Cl)c(C(F)(F)F)c2)cc1. The Labute approximate surface area is 163 Å². The molecule has 0 aromatic heterocycles. The predicted octanol–water partition coefficient (Wildman–Crippen LogP) is 5.02. The van der Waals surface area contributed by atoms with Crippen LogP contribution in [0.25, 0.3) is 0 Å². The third-order valence-electron chi connectivity index (χ3n) is 3.57. The van der Waals surface area contributed by atoms with Gasteiger partial charge < -0.3 is 10.6 Å². The van der Waals surface area contributed by atoms with Gasteiger partial charge in [-0.3, -0.25) is 9.59 Å². The molecule has 5 nitrogen and oxygen atoms in total. The zero-order valence-corrected chi connectivity index (χ0v) is 15.2. The minimum absolute atomic E-state index is 0.00286. The Balaban J connectivity index is 2.14. The van der Waals surface area contributed by atoms with E-state index in [1.165, 1.54) is 37.3 Å². The molecule has 0 spiro atoms. The Morgan fingerprint density at radius 3 is 2.25 bits per heavy atom. The fourth-order valence-corrected chi connectivity index (χ4v) is 2.35. The van der Waals surface area contributed by atoms with E-state index in [0.29, 0.717) is 11.3 Å². The van der Waals surface area contributed by atoms with Crippen LogP contribution in [0, 0.1) is 11.3 Å². The molecule has 28 heavy (non-hydrogen) atoms. The number of benzene rings is 2. The van der Waals surface area contributed by atoms with Crippen molar-refractivity contribution >= 4 is 34.7 Å². The topological polar surface area (TPSA) is 82.0 Å². The van der Waals surface area contributed by atoms with E-state index >= 15 is 0 Å². The minimum atomic E-state index is -4.64. The molecular weight excluding hydrogens is 395 g/mol. The van der Waals surface area contributed by atoms with Crippen LogP contribution in [-0.4, -0.2) is 11.7 Å². The number of hydrogen-bond acceptors (Lipinski definition) is 4. The quantitative estimate of drug-likeness (QED) is 0.414. The molecule has 0 atom stereocenters. The van der Waals surface area contributed by atoms with Crippen molar-refractivity contribution in [3.8, 4) is 6.07 Å². The maximum Gasteiger partial charge on any atom is 0.417 e. The predicted molar refractivity (Wildman–Crippen MR) is 98.8 cm³/mol. The fraction of sp³-hybridized carbons (Fsp3) is 0.105. The van der Waals surface area contributed by atoms with Crippen molar-refractivity contribution in [2.45, 2.75) is 13.1 Å². The molecule has 9 heteroatoms. The van der Waals surface area contributed by atoms with Gasteiger partial charge in [-0.25, -0.2) is 0 Å². The van der Waals surface area contributed by atoms with Crippen molar-refractivity contribution in [3.05, 3.63) is 70.4 Å². The highest BCUT2D eigenvalue weighted by atomic mass is 35.5. The summed E-state index contributed by atoms with van der Waals surface area (Å²) in [7, 11) is 0. The maximum atomic E-state index is 12.9. The van der Waals surface area contributed by atoms with Gasteiger partial charge in [-0.2, -0.15) is 18.4 Å². The number of carbonyl (C=O) groups is 2. The number of anilines is 2. The summed E-state index contributed by atoms with van der Waals surface area (Å²) in [6, 6.07) is 10.8. The molecule has 0 aliphatic heterocycles. The van der Waals surface area contributed by atoms with Crippen LogP contribution in [0.15, 0.2) is 54.2 Å². The van der Waals surface area contributed by atoms with E-state index in [2.05, 4.69) is 10.6 Å². The number of hydrogen-bond donors (Lipinski definition) is 2. The van der Waals surface area contributed by atoms with E-state index in [-0.39, 0.29) is 17.0 Å². The number of nitrogens with zero attached hydrogens (tertiary/aromatic N) is 1. The first-order chi connectivity index (χ1) is 13.1. The lowest BCUT2D eigenvalue weighted by Gasteiger charge is -2.11. The number of rotatable bonds is 5. The van der Waals surface area contributed by atoms with E-state index in [1.807, 2.05) is 0 Å². The van der Waals surface area contributed by atoms with E-state index in [1.54, 1.807) is 6.07 Å². The van der Waals surface area contributed by atoms with Gasteiger partial charge in [0, 0.05) is 23.1 Å². The van der Waals surface area contributed by atoms with Crippen molar-refractivity contribution < 1.29 is 22.8 Å². The molecule has 144 valence electrons. The Hall–Kier alpha value is -3.31. The summed E-state index contributed by atoms with van der Waals surface area (Å²) >= 11 is 5.54. The Bertz CT molecular complexity index is 977. The molecule has 0 bridgehead atoms. The monoisotopic (exact) mass is 407 g/mol. The van der Waals surface area contributed by atoms with Crippen LogP contribution in [0.4, 0.5) is 24.5 Å². The molecule has 2 N–H and O–H groups in total. The Morgan fingerprint density at radius 1 is 1.11 bits per heavy atom. The van der Waals surface area contributed by atoms with Crippen LogP contribution >= 0.6 is 11.6 Å². The fourth-order valence-electron chi connectivity index (χ4n) is 2.12. The molecule has 0 unspecified atom stereocenters. The van der Waals surface area contributed by atoms with E-state index in [4.69, 9.17) is 16.9 Å². The number of nitrogens with one attached hydrogen (secondary N) is 2. The van der Waals surface area contributed by atoms with Gasteiger partial charge in [0.15, 0.2) is 5.78 Å². The first-order valence-corrected chi connectivity index (χ1v) is 8.15. The van der Waals surface area contributed by atoms with Crippen molar-refractivity contribution in [2.24, 2.45) is 0 Å². The number of amides is 1. The van der Waals surface area contributed by atoms with Gasteiger partial charge in [-0.1, -0.05) is 11.6 Å². The van der Waals surface area contributed by atoms with E-state index in [9.17, 15) is 22.8 Å². The number of nitriles is 1. The normalized spacial score (nSPS) is 11.5. The minimum Gasteiger partial charge on any atom is -0.360 e. The van der Waals surface area contributed by atoms with Crippen LogP contribution in [0.1, 0.15) is 22.8 Å². The second-order valence-corrected chi connectivity index (χ2v) is 6.00. The number of ketones is 1. The average Bonchev–Trinajstić information content (AvgIpc) is 2.63. The lowest BCUT2D eigenvalue weighted by molar-refractivity contribution is -0.137. The third-order valence-corrected chi connectivity index (χ3v) is 3.90. The van der Waals surface area contributed by atoms with Gasteiger partial charge in [0.1, 0.15) is 11.6 Å². The van der Waals surface area contributed by atoms with Gasteiger partial charge in [0.25, 0.3) is 5.91 Å². The number of carbonyl (C=O) groups excluding carboxylic acids is 2. The van der Waals surface area contributed by atoms with Gasteiger partial charge in [-0.05, 0) is 49.4 Å². The first kappa shape index (κ1) is 21.0. The molecule has 0 saturated heterocycles. The molecular formula is C19H13ClF3N3O2. The summed E-state index contributed by atoms with van der Waals surface area (Å²) < 4.78 is 38.6. The van der Waals surface area contributed by atoms with Crippen LogP contribution < -0.4 is 10.6 Å². The van der Waals surface area contributed by atoms with Crippen LogP contribution in [0.3, 0.4) is 0 Å². The molecule has 0 aliphatic carbocycles. The third kappa shape index (κ3) is 5.34. The number of Topliss-reactive ketones (excluding diaryl/α,β-unsaturated/α-hetero) is 1. The van der Waals surface area contributed by atoms with Crippen LogP contribution in [0.2, 0.25) is 5.02 Å². The Kier molecular flexibility index (Phi) is 6.44.